The predicted molar refractivity (Wildman–Crippen MR) is 113 cm³/mol. The highest BCUT2D eigenvalue weighted by molar-refractivity contribution is 6.15. The first kappa shape index (κ1) is 20.3. The Hall–Kier alpha value is -2.99. The molecule has 1 saturated heterocycles. The van der Waals surface area contributed by atoms with E-state index in [1.807, 2.05) is 12.1 Å². The zero-order chi connectivity index (χ0) is 21.3. The van der Waals surface area contributed by atoms with Gasteiger partial charge in [-0.25, -0.2) is 0 Å². The van der Waals surface area contributed by atoms with E-state index in [-0.39, 0.29) is 17.3 Å². The summed E-state index contributed by atoms with van der Waals surface area (Å²) in [5, 5.41) is 10.5. The van der Waals surface area contributed by atoms with Crippen LogP contribution in [0, 0.1) is 5.92 Å². The molecule has 0 radical (unpaired) electrons. The van der Waals surface area contributed by atoms with Gasteiger partial charge >= 0.3 is 0 Å². The molecule has 0 bridgehead atoms. The number of hydrogen-bond donors (Lipinski definition) is 2. The molecular weight excluding hydrogens is 382 g/mol. The summed E-state index contributed by atoms with van der Waals surface area (Å²) in [7, 11) is 3.13. The molecule has 30 heavy (non-hydrogen) atoms. The SMILES string of the molecule is COc1cccc(/C=C2\Oc3c(ccc(O)c3C[NH+]3CCC(C)CC3)C2=O)c1OC. The number of para-hydroxylation sites is 1. The second kappa shape index (κ2) is 8.40. The number of piperidine rings is 1. The highest BCUT2D eigenvalue weighted by atomic mass is 16.5. The van der Waals surface area contributed by atoms with Crippen molar-refractivity contribution in [3.05, 3.63) is 52.8 Å². The Morgan fingerprint density at radius 2 is 1.93 bits per heavy atom. The standard InChI is InChI=1S/C24H27NO5/c1-15-9-11-25(12-10-15)14-18-19(26)8-7-17-22(27)21(30-24(17)18)13-16-5-4-6-20(28-2)23(16)29-3/h4-8,13,15,26H,9-12,14H2,1-3H3/p+1/b21-13-. The third-order valence-electron chi connectivity index (χ3n) is 6.04. The number of phenols is 1. The lowest BCUT2D eigenvalue weighted by Crippen LogP contribution is -3.11. The lowest BCUT2D eigenvalue weighted by Gasteiger charge is -2.27. The van der Waals surface area contributed by atoms with Gasteiger partial charge in [-0.1, -0.05) is 19.1 Å². The minimum absolute atomic E-state index is 0.174. The summed E-state index contributed by atoms with van der Waals surface area (Å²) in [6.07, 6.45) is 4.01. The third kappa shape index (κ3) is 3.75. The van der Waals surface area contributed by atoms with Crippen molar-refractivity contribution in [2.75, 3.05) is 27.3 Å². The van der Waals surface area contributed by atoms with Gasteiger partial charge in [-0.3, -0.25) is 4.79 Å². The Balaban J connectivity index is 1.66. The molecule has 2 aromatic carbocycles. The maximum atomic E-state index is 13.0. The van der Waals surface area contributed by atoms with Gasteiger partial charge < -0.3 is 24.2 Å². The number of phenolic OH excluding ortho intramolecular Hbond substituents is 1. The number of aromatic hydroxyl groups is 1. The van der Waals surface area contributed by atoms with Crippen LogP contribution >= 0.6 is 0 Å². The molecule has 0 unspecified atom stereocenters. The number of rotatable bonds is 5. The predicted octanol–water partition coefficient (Wildman–Crippen LogP) is 2.84. The molecule has 6 nitrogen and oxygen atoms in total. The monoisotopic (exact) mass is 410 g/mol. The molecule has 0 atom stereocenters. The number of Topliss-reactive ketones (excluding diaryl/α,β-unsaturated/α-hetero) is 1. The van der Waals surface area contributed by atoms with Gasteiger partial charge in [0, 0.05) is 5.56 Å². The van der Waals surface area contributed by atoms with E-state index in [9.17, 15) is 9.90 Å². The van der Waals surface area contributed by atoms with Crippen molar-refractivity contribution in [2.24, 2.45) is 5.92 Å². The van der Waals surface area contributed by atoms with E-state index in [1.165, 1.54) is 17.7 Å². The molecule has 2 aliphatic heterocycles. The molecule has 2 aliphatic rings. The van der Waals surface area contributed by atoms with Gasteiger partial charge in [-0.2, -0.15) is 0 Å². The number of nitrogens with one attached hydrogen (secondary N) is 1. The van der Waals surface area contributed by atoms with Crippen LogP contribution in [-0.4, -0.2) is 38.2 Å². The number of hydrogen-bond acceptors (Lipinski definition) is 5. The molecule has 2 N–H and O–H groups in total. The van der Waals surface area contributed by atoms with Crippen LogP contribution in [0.4, 0.5) is 0 Å². The second-order valence-electron chi connectivity index (χ2n) is 8.07. The average molecular weight is 410 g/mol. The van der Waals surface area contributed by atoms with Gasteiger partial charge in [0.2, 0.25) is 5.78 Å². The zero-order valence-corrected chi connectivity index (χ0v) is 17.7. The molecule has 158 valence electrons. The van der Waals surface area contributed by atoms with E-state index in [1.54, 1.807) is 38.5 Å². The fourth-order valence-corrected chi connectivity index (χ4v) is 4.23. The third-order valence-corrected chi connectivity index (χ3v) is 6.04. The number of ether oxygens (including phenoxy) is 3. The summed E-state index contributed by atoms with van der Waals surface area (Å²) in [5.41, 5.74) is 1.88. The molecule has 0 aromatic heterocycles. The first-order valence-electron chi connectivity index (χ1n) is 10.4. The Morgan fingerprint density at radius 3 is 2.63 bits per heavy atom. The number of carbonyl (C=O) groups excluding carboxylic acids is 1. The lowest BCUT2D eigenvalue weighted by atomic mass is 9.98. The number of methoxy groups -OCH3 is 2. The number of likely N-dealkylation sites (tertiary alicyclic amines) is 1. The first-order valence-corrected chi connectivity index (χ1v) is 10.4. The van der Waals surface area contributed by atoms with Crippen molar-refractivity contribution in [3.63, 3.8) is 0 Å². The molecule has 4 rings (SSSR count). The quantitative estimate of drug-likeness (QED) is 0.742. The van der Waals surface area contributed by atoms with E-state index >= 15 is 0 Å². The van der Waals surface area contributed by atoms with E-state index in [4.69, 9.17) is 14.2 Å². The number of ketones is 1. The van der Waals surface area contributed by atoms with Crippen molar-refractivity contribution >= 4 is 11.9 Å². The molecule has 0 spiro atoms. The Labute approximate surface area is 176 Å². The molecule has 0 aliphatic carbocycles. The summed E-state index contributed by atoms with van der Waals surface area (Å²) >= 11 is 0. The summed E-state index contributed by atoms with van der Waals surface area (Å²) in [6.45, 7) is 5.04. The lowest BCUT2D eigenvalue weighted by molar-refractivity contribution is -0.919. The second-order valence-corrected chi connectivity index (χ2v) is 8.07. The van der Waals surface area contributed by atoms with E-state index in [2.05, 4.69) is 6.92 Å². The summed E-state index contributed by atoms with van der Waals surface area (Å²) < 4.78 is 16.8. The van der Waals surface area contributed by atoms with Crippen molar-refractivity contribution < 1.29 is 29.0 Å². The fourth-order valence-electron chi connectivity index (χ4n) is 4.23. The Bertz CT molecular complexity index is 989. The normalized spacial score (nSPS) is 22.0. The van der Waals surface area contributed by atoms with Gasteiger partial charge in [0.05, 0.1) is 38.4 Å². The topological polar surface area (TPSA) is 69.4 Å². The highest BCUT2D eigenvalue weighted by Gasteiger charge is 2.33. The number of allylic oxidation sites excluding steroid dienone is 1. The molecule has 2 aromatic rings. The summed E-state index contributed by atoms with van der Waals surface area (Å²) in [5.74, 6) is 2.52. The highest BCUT2D eigenvalue weighted by Crippen LogP contribution is 2.40. The molecule has 6 heteroatoms. The molecule has 0 saturated carbocycles. The number of quaternary nitrogens is 1. The number of benzene rings is 2. The Morgan fingerprint density at radius 1 is 1.17 bits per heavy atom. The molecular formula is C24H28NO5+. The average Bonchev–Trinajstić information content (AvgIpc) is 3.07. The van der Waals surface area contributed by atoms with Gasteiger partial charge in [-0.15, -0.1) is 0 Å². The van der Waals surface area contributed by atoms with Crippen LogP contribution < -0.4 is 19.1 Å². The van der Waals surface area contributed by atoms with Crippen molar-refractivity contribution in [2.45, 2.75) is 26.3 Å². The largest absolute Gasteiger partial charge is 0.507 e. The van der Waals surface area contributed by atoms with E-state index in [0.29, 0.717) is 40.5 Å². The number of fused-ring (bicyclic) bond motifs is 1. The van der Waals surface area contributed by atoms with Crippen molar-refractivity contribution in [1.29, 1.82) is 0 Å². The van der Waals surface area contributed by atoms with Gasteiger partial charge in [0.1, 0.15) is 12.3 Å². The molecule has 2 heterocycles. The van der Waals surface area contributed by atoms with Gasteiger partial charge in [-0.05, 0) is 43.0 Å². The van der Waals surface area contributed by atoms with Crippen LogP contribution in [0.2, 0.25) is 0 Å². The maximum absolute atomic E-state index is 13.0. The fraction of sp³-hybridized carbons (Fsp3) is 0.375. The van der Waals surface area contributed by atoms with Crippen molar-refractivity contribution in [3.8, 4) is 23.0 Å². The van der Waals surface area contributed by atoms with Crippen LogP contribution in [0.15, 0.2) is 36.1 Å². The van der Waals surface area contributed by atoms with E-state index < -0.39 is 0 Å². The minimum Gasteiger partial charge on any atom is -0.507 e. The Kier molecular flexibility index (Phi) is 5.68. The molecule has 1 fully saturated rings. The van der Waals surface area contributed by atoms with Crippen LogP contribution in [-0.2, 0) is 6.54 Å². The summed E-state index contributed by atoms with van der Waals surface area (Å²) in [6, 6.07) is 8.69. The van der Waals surface area contributed by atoms with Crippen LogP contribution in [0.25, 0.3) is 6.08 Å². The molecule has 0 amide bonds. The zero-order valence-electron chi connectivity index (χ0n) is 17.7. The van der Waals surface area contributed by atoms with Crippen LogP contribution in [0.3, 0.4) is 0 Å². The first-order chi connectivity index (χ1) is 14.5. The van der Waals surface area contributed by atoms with E-state index in [0.717, 1.165) is 19.0 Å². The van der Waals surface area contributed by atoms with Crippen molar-refractivity contribution in [1.82, 2.24) is 0 Å². The summed E-state index contributed by atoms with van der Waals surface area (Å²) in [4.78, 5) is 14.4. The van der Waals surface area contributed by atoms with Gasteiger partial charge in [0.25, 0.3) is 0 Å². The van der Waals surface area contributed by atoms with Crippen LogP contribution in [0.5, 0.6) is 23.0 Å². The smallest absolute Gasteiger partial charge is 0.231 e. The minimum atomic E-state index is -0.196. The maximum Gasteiger partial charge on any atom is 0.231 e. The number of carbonyl (C=O) groups is 1. The van der Waals surface area contributed by atoms with Crippen LogP contribution in [0.1, 0.15) is 41.3 Å². The van der Waals surface area contributed by atoms with Gasteiger partial charge in [0.15, 0.2) is 23.0 Å².